The predicted octanol–water partition coefficient (Wildman–Crippen LogP) is 4.10. The maximum atomic E-state index is 12.7. The second kappa shape index (κ2) is 7.59. The molecule has 1 fully saturated rings. The average Bonchev–Trinajstić information content (AvgIpc) is 3.00. The Balaban J connectivity index is 1.27. The standard InChI is InChI=1S/C24H30N2O2/c1-17-4-7-19(8-5-17)23(27)26-12-10-21(11-13-26)25-16-18-6-9-22-20(14-18)15-24(2,3)28-22/h4-9,14,21,25H,10-13,15-16H2,1-3H3. The first-order valence-electron chi connectivity index (χ1n) is 10.3. The fraction of sp³-hybridized carbons (Fsp3) is 0.458. The van der Waals surface area contributed by atoms with Crippen molar-refractivity contribution < 1.29 is 9.53 Å². The zero-order valence-corrected chi connectivity index (χ0v) is 17.1. The highest BCUT2D eigenvalue weighted by Crippen LogP contribution is 2.35. The summed E-state index contributed by atoms with van der Waals surface area (Å²) in [6.45, 7) is 8.81. The summed E-state index contributed by atoms with van der Waals surface area (Å²) in [6, 6.07) is 14.9. The lowest BCUT2D eigenvalue weighted by Crippen LogP contribution is -2.44. The van der Waals surface area contributed by atoms with Gasteiger partial charge in [0, 0.05) is 37.7 Å². The lowest BCUT2D eigenvalue weighted by Gasteiger charge is -2.32. The van der Waals surface area contributed by atoms with Crippen LogP contribution in [0.4, 0.5) is 0 Å². The highest BCUT2D eigenvalue weighted by Gasteiger charge is 2.30. The number of aryl methyl sites for hydroxylation is 1. The summed E-state index contributed by atoms with van der Waals surface area (Å²) in [5.41, 5.74) is 4.49. The third kappa shape index (κ3) is 4.22. The predicted molar refractivity (Wildman–Crippen MR) is 112 cm³/mol. The van der Waals surface area contributed by atoms with E-state index in [1.807, 2.05) is 36.1 Å². The van der Waals surface area contributed by atoms with Crippen LogP contribution >= 0.6 is 0 Å². The summed E-state index contributed by atoms with van der Waals surface area (Å²) in [6.07, 6.45) is 2.97. The maximum absolute atomic E-state index is 12.7. The topological polar surface area (TPSA) is 41.6 Å². The summed E-state index contributed by atoms with van der Waals surface area (Å²) in [7, 11) is 0. The van der Waals surface area contributed by atoms with E-state index in [2.05, 4.69) is 37.4 Å². The van der Waals surface area contributed by atoms with E-state index < -0.39 is 0 Å². The molecule has 4 heteroatoms. The number of benzene rings is 2. The molecule has 0 spiro atoms. The third-order valence-corrected chi connectivity index (χ3v) is 5.80. The van der Waals surface area contributed by atoms with Crippen LogP contribution < -0.4 is 10.1 Å². The Morgan fingerprint density at radius 1 is 1.14 bits per heavy atom. The first-order valence-corrected chi connectivity index (χ1v) is 10.3. The molecule has 0 aliphatic carbocycles. The van der Waals surface area contributed by atoms with Crippen LogP contribution in [0.15, 0.2) is 42.5 Å². The molecule has 0 atom stereocenters. The molecule has 0 saturated carbocycles. The number of rotatable bonds is 4. The van der Waals surface area contributed by atoms with Gasteiger partial charge in [-0.3, -0.25) is 4.79 Å². The normalized spacial score (nSPS) is 18.6. The number of fused-ring (bicyclic) bond motifs is 1. The Hall–Kier alpha value is -2.33. The van der Waals surface area contributed by atoms with Gasteiger partial charge in [-0.15, -0.1) is 0 Å². The Kier molecular flexibility index (Phi) is 5.15. The van der Waals surface area contributed by atoms with Gasteiger partial charge >= 0.3 is 0 Å². The summed E-state index contributed by atoms with van der Waals surface area (Å²) in [5, 5.41) is 3.68. The number of likely N-dealkylation sites (tertiary alicyclic amines) is 1. The summed E-state index contributed by atoms with van der Waals surface area (Å²) in [5.74, 6) is 1.18. The molecule has 1 amide bonds. The van der Waals surface area contributed by atoms with E-state index in [9.17, 15) is 4.79 Å². The van der Waals surface area contributed by atoms with Crippen LogP contribution in [-0.2, 0) is 13.0 Å². The highest BCUT2D eigenvalue weighted by atomic mass is 16.5. The van der Waals surface area contributed by atoms with Gasteiger partial charge in [-0.25, -0.2) is 0 Å². The number of hydrogen-bond acceptors (Lipinski definition) is 3. The SMILES string of the molecule is Cc1ccc(C(=O)N2CCC(NCc3ccc4c(c3)CC(C)(C)O4)CC2)cc1. The van der Waals surface area contributed by atoms with E-state index in [0.717, 1.165) is 50.2 Å². The molecule has 2 aromatic rings. The Morgan fingerprint density at radius 3 is 2.57 bits per heavy atom. The van der Waals surface area contributed by atoms with Crippen molar-refractivity contribution in [2.75, 3.05) is 13.1 Å². The van der Waals surface area contributed by atoms with Crippen LogP contribution in [0, 0.1) is 6.92 Å². The van der Waals surface area contributed by atoms with Crippen molar-refractivity contribution in [3.05, 3.63) is 64.7 Å². The molecule has 1 saturated heterocycles. The van der Waals surface area contributed by atoms with E-state index in [1.54, 1.807) is 0 Å². The van der Waals surface area contributed by atoms with Crippen LogP contribution in [0.3, 0.4) is 0 Å². The van der Waals surface area contributed by atoms with E-state index in [4.69, 9.17) is 4.74 Å². The molecule has 2 aliphatic rings. The van der Waals surface area contributed by atoms with Gasteiger partial charge < -0.3 is 15.0 Å². The molecular weight excluding hydrogens is 348 g/mol. The van der Waals surface area contributed by atoms with E-state index >= 15 is 0 Å². The molecule has 28 heavy (non-hydrogen) atoms. The molecule has 2 aromatic carbocycles. The lowest BCUT2D eigenvalue weighted by atomic mass is 9.99. The van der Waals surface area contributed by atoms with Gasteiger partial charge in [-0.05, 0) is 62.9 Å². The zero-order chi connectivity index (χ0) is 19.7. The van der Waals surface area contributed by atoms with Crippen LogP contribution in [0.2, 0.25) is 0 Å². The fourth-order valence-corrected chi connectivity index (χ4v) is 4.20. The van der Waals surface area contributed by atoms with Crippen molar-refractivity contribution in [2.24, 2.45) is 0 Å². The van der Waals surface area contributed by atoms with Gasteiger partial charge in [-0.2, -0.15) is 0 Å². The van der Waals surface area contributed by atoms with E-state index in [0.29, 0.717) is 6.04 Å². The number of amides is 1. The van der Waals surface area contributed by atoms with Crippen LogP contribution in [0.25, 0.3) is 0 Å². The van der Waals surface area contributed by atoms with Crippen molar-refractivity contribution in [1.82, 2.24) is 10.2 Å². The highest BCUT2D eigenvalue weighted by molar-refractivity contribution is 5.94. The smallest absolute Gasteiger partial charge is 0.253 e. The number of carbonyl (C=O) groups is 1. The summed E-state index contributed by atoms with van der Waals surface area (Å²) in [4.78, 5) is 14.6. The van der Waals surface area contributed by atoms with Crippen LogP contribution in [0.5, 0.6) is 5.75 Å². The largest absolute Gasteiger partial charge is 0.487 e. The molecular formula is C24H30N2O2. The van der Waals surface area contributed by atoms with Crippen molar-refractivity contribution in [2.45, 2.75) is 58.2 Å². The van der Waals surface area contributed by atoms with Gasteiger partial charge in [-0.1, -0.05) is 29.8 Å². The quantitative estimate of drug-likeness (QED) is 0.871. The molecule has 2 aliphatic heterocycles. The number of nitrogens with one attached hydrogen (secondary N) is 1. The Morgan fingerprint density at radius 2 is 1.86 bits per heavy atom. The minimum Gasteiger partial charge on any atom is -0.487 e. The number of hydrogen-bond donors (Lipinski definition) is 1. The minimum atomic E-state index is -0.0921. The molecule has 0 bridgehead atoms. The first kappa shape index (κ1) is 19.0. The Bertz CT molecular complexity index is 849. The van der Waals surface area contributed by atoms with Gasteiger partial charge in [0.1, 0.15) is 11.4 Å². The third-order valence-electron chi connectivity index (χ3n) is 5.80. The van der Waals surface area contributed by atoms with E-state index in [-0.39, 0.29) is 11.5 Å². The number of carbonyl (C=O) groups excluding carboxylic acids is 1. The molecule has 4 rings (SSSR count). The second-order valence-electron chi connectivity index (χ2n) is 8.79. The number of ether oxygens (including phenoxy) is 1. The maximum Gasteiger partial charge on any atom is 0.253 e. The van der Waals surface area contributed by atoms with Crippen molar-refractivity contribution in [3.8, 4) is 5.75 Å². The van der Waals surface area contributed by atoms with Crippen LogP contribution in [0.1, 0.15) is 53.7 Å². The molecule has 0 unspecified atom stereocenters. The lowest BCUT2D eigenvalue weighted by molar-refractivity contribution is 0.0704. The Labute approximate surface area is 167 Å². The number of nitrogens with zero attached hydrogens (tertiary/aromatic N) is 1. The molecule has 148 valence electrons. The zero-order valence-electron chi connectivity index (χ0n) is 17.1. The molecule has 1 N–H and O–H groups in total. The number of piperidine rings is 1. The van der Waals surface area contributed by atoms with Gasteiger partial charge in [0.05, 0.1) is 0 Å². The van der Waals surface area contributed by atoms with Crippen molar-refractivity contribution in [1.29, 1.82) is 0 Å². The first-order chi connectivity index (χ1) is 13.4. The fourth-order valence-electron chi connectivity index (χ4n) is 4.20. The van der Waals surface area contributed by atoms with Crippen molar-refractivity contribution in [3.63, 3.8) is 0 Å². The molecule has 0 aromatic heterocycles. The molecule has 2 heterocycles. The molecule has 0 radical (unpaired) electrons. The molecule has 4 nitrogen and oxygen atoms in total. The summed E-state index contributed by atoms with van der Waals surface area (Å²) >= 11 is 0. The van der Waals surface area contributed by atoms with Gasteiger partial charge in [0.25, 0.3) is 5.91 Å². The second-order valence-corrected chi connectivity index (χ2v) is 8.79. The van der Waals surface area contributed by atoms with Crippen LogP contribution in [-0.4, -0.2) is 35.5 Å². The van der Waals surface area contributed by atoms with Crippen molar-refractivity contribution >= 4 is 5.91 Å². The van der Waals surface area contributed by atoms with Gasteiger partial charge in [0.2, 0.25) is 0 Å². The average molecular weight is 379 g/mol. The summed E-state index contributed by atoms with van der Waals surface area (Å²) < 4.78 is 5.96. The minimum absolute atomic E-state index is 0.0921. The van der Waals surface area contributed by atoms with Gasteiger partial charge in [0.15, 0.2) is 0 Å². The monoisotopic (exact) mass is 378 g/mol. The van der Waals surface area contributed by atoms with E-state index in [1.165, 1.54) is 16.7 Å².